The summed E-state index contributed by atoms with van der Waals surface area (Å²) in [6.45, 7) is 4.55. The summed E-state index contributed by atoms with van der Waals surface area (Å²) in [5.41, 5.74) is 2.01. The van der Waals surface area contributed by atoms with Gasteiger partial charge in [0.1, 0.15) is 0 Å². The van der Waals surface area contributed by atoms with Crippen molar-refractivity contribution >= 4 is 17.3 Å². The fourth-order valence-corrected chi connectivity index (χ4v) is 2.71. The minimum absolute atomic E-state index is 0.178. The summed E-state index contributed by atoms with van der Waals surface area (Å²) in [5, 5.41) is 3.03. The molecule has 2 rings (SSSR count). The molecule has 108 valence electrons. The number of likely N-dealkylation sites (N-methyl/N-ethyl adjacent to an activating group) is 1. The van der Waals surface area contributed by atoms with Gasteiger partial charge in [-0.25, -0.2) is 0 Å². The van der Waals surface area contributed by atoms with Crippen LogP contribution in [0.2, 0.25) is 0 Å². The van der Waals surface area contributed by atoms with Crippen LogP contribution in [0.1, 0.15) is 32.1 Å². The highest BCUT2D eigenvalue weighted by Crippen LogP contribution is 2.25. The van der Waals surface area contributed by atoms with Gasteiger partial charge in [0.2, 0.25) is 5.91 Å². The van der Waals surface area contributed by atoms with Crippen molar-refractivity contribution in [2.45, 2.75) is 32.1 Å². The molecule has 1 aromatic carbocycles. The van der Waals surface area contributed by atoms with Gasteiger partial charge in [-0.3, -0.25) is 4.79 Å². The van der Waals surface area contributed by atoms with Crippen molar-refractivity contribution in [1.29, 1.82) is 0 Å². The lowest BCUT2D eigenvalue weighted by atomic mass is 9.88. The molecule has 0 aromatic heterocycles. The highest BCUT2D eigenvalue weighted by atomic mass is 16.1. The van der Waals surface area contributed by atoms with E-state index in [1.165, 1.54) is 19.3 Å². The first-order valence-electron chi connectivity index (χ1n) is 7.43. The van der Waals surface area contributed by atoms with Crippen molar-refractivity contribution in [3.05, 3.63) is 36.9 Å². The molecule has 0 heterocycles. The van der Waals surface area contributed by atoms with Crippen LogP contribution in [-0.4, -0.2) is 19.5 Å². The number of anilines is 2. The summed E-state index contributed by atoms with van der Waals surface area (Å²) in [5.74, 6) is 0.378. The molecular weight excluding hydrogens is 248 g/mol. The van der Waals surface area contributed by atoms with Crippen LogP contribution in [-0.2, 0) is 4.79 Å². The molecular formula is C17H24N2O. The Morgan fingerprint density at radius 2 is 1.95 bits per heavy atom. The highest BCUT2D eigenvalue weighted by Gasteiger charge is 2.20. The van der Waals surface area contributed by atoms with Crippen LogP contribution in [0, 0.1) is 5.92 Å². The fraction of sp³-hybridized carbons (Fsp3) is 0.471. The van der Waals surface area contributed by atoms with Gasteiger partial charge in [0.15, 0.2) is 0 Å². The molecule has 0 unspecified atom stereocenters. The summed E-state index contributed by atoms with van der Waals surface area (Å²) in [6, 6.07) is 7.99. The van der Waals surface area contributed by atoms with E-state index in [0.29, 0.717) is 0 Å². The van der Waals surface area contributed by atoms with Crippen LogP contribution in [0.3, 0.4) is 0 Å². The first-order chi connectivity index (χ1) is 9.70. The molecule has 1 N–H and O–H groups in total. The monoisotopic (exact) mass is 272 g/mol. The molecule has 0 spiro atoms. The van der Waals surface area contributed by atoms with Gasteiger partial charge in [-0.05, 0) is 37.1 Å². The van der Waals surface area contributed by atoms with E-state index in [-0.39, 0.29) is 11.8 Å². The second kappa shape index (κ2) is 7.13. The van der Waals surface area contributed by atoms with Crippen molar-refractivity contribution in [1.82, 2.24) is 0 Å². The lowest BCUT2D eigenvalue weighted by Gasteiger charge is -2.21. The number of nitrogens with zero attached hydrogens (tertiary/aromatic N) is 1. The van der Waals surface area contributed by atoms with Gasteiger partial charge in [-0.1, -0.05) is 25.3 Å². The average Bonchev–Trinajstić information content (AvgIpc) is 2.49. The number of benzene rings is 1. The van der Waals surface area contributed by atoms with Crippen LogP contribution in [0.4, 0.5) is 11.4 Å². The number of rotatable bonds is 5. The Kier molecular flexibility index (Phi) is 5.22. The number of nitrogens with one attached hydrogen (secondary N) is 1. The highest BCUT2D eigenvalue weighted by molar-refractivity contribution is 5.92. The van der Waals surface area contributed by atoms with E-state index in [1.54, 1.807) is 0 Å². The van der Waals surface area contributed by atoms with E-state index >= 15 is 0 Å². The maximum atomic E-state index is 12.2. The molecule has 0 saturated heterocycles. The Hall–Kier alpha value is -1.77. The normalized spacial score (nSPS) is 15.7. The van der Waals surface area contributed by atoms with E-state index in [9.17, 15) is 4.79 Å². The van der Waals surface area contributed by atoms with E-state index in [1.807, 2.05) is 37.4 Å². The van der Waals surface area contributed by atoms with Crippen molar-refractivity contribution < 1.29 is 4.79 Å². The summed E-state index contributed by atoms with van der Waals surface area (Å²) in [6.07, 6.45) is 7.58. The van der Waals surface area contributed by atoms with Gasteiger partial charge >= 0.3 is 0 Å². The minimum atomic E-state index is 0.178. The van der Waals surface area contributed by atoms with Crippen molar-refractivity contribution in [2.24, 2.45) is 5.92 Å². The second-order valence-corrected chi connectivity index (χ2v) is 5.54. The summed E-state index contributed by atoms with van der Waals surface area (Å²) in [4.78, 5) is 14.3. The van der Waals surface area contributed by atoms with Gasteiger partial charge in [0.05, 0.1) is 0 Å². The molecule has 3 nitrogen and oxygen atoms in total. The summed E-state index contributed by atoms with van der Waals surface area (Å²) >= 11 is 0. The summed E-state index contributed by atoms with van der Waals surface area (Å²) < 4.78 is 0. The molecule has 1 aromatic rings. The lowest BCUT2D eigenvalue weighted by molar-refractivity contribution is -0.120. The smallest absolute Gasteiger partial charge is 0.227 e. The molecule has 20 heavy (non-hydrogen) atoms. The van der Waals surface area contributed by atoms with Crippen LogP contribution >= 0.6 is 0 Å². The van der Waals surface area contributed by atoms with E-state index in [4.69, 9.17) is 0 Å². The van der Waals surface area contributed by atoms with Crippen LogP contribution < -0.4 is 10.2 Å². The molecule has 1 aliphatic rings. The fourth-order valence-electron chi connectivity index (χ4n) is 2.71. The Labute approximate surface area is 121 Å². The Morgan fingerprint density at radius 1 is 1.30 bits per heavy atom. The zero-order valence-corrected chi connectivity index (χ0v) is 12.3. The Bertz CT molecular complexity index is 447. The van der Waals surface area contributed by atoms with Crippen molar-refractivity contribution in [3.63, 3.8) is 0 Å². The third-order valence-corrected chi connectivity index (χ3v) is 3.95. The van der Waals surface area contributed by atoms with E-state index in [2.05, 4.69) is 16.8 Å². The molecule has 3 heteroatoms. The number of amides is 1. The number of carbonyl (C=O) groups excluding carboxylic acids is 1. The van der Waals surface area contributed by atoms with Gasteiger partial charge in [-0.15, -0.1) is 6.58 Å². The zero-order valence-electron chi connectivity index (χ0n) is 12.3. The van der Waals surface area contributed by atoms with Gasteiger partial charge in [0.25, 0.3) is 0 Å². The lowest BCUT2D eigenvalue weighted by Crippen LogP contribution is -2.24. The predicted octanol–water partition coefficient (Wildman–Crippen LogP) is 3.83. The number of carbonyl (C=O) groups is 1. The first kappa shape index (κ1) is 14.6. The van der Waals surface area contributed by atoms with Crippen molar-refractivity contribution in [3.8, 4) is 0 Å². The average molecular weight is 272 g/mol. The second-order valence-electron chi connectivity index (χ2n) is 5.54. The SMILES string of the molecule is C=CCN(C)c1ccc(NC(=O)C2CCCCC2)cc1. The Balaban J connectivity index is 1.92. The maximum Gasteiger partial charge on any atom is 0.227 e. The molecule has 0 aliphatic heterocycles. The van der Waals surface area contributed by atoms with Crippen LogP contribution in [0.5, 0.6) is 0 Å². The standard InChI is InChI=1S/C17H24N2O/c1-3-13-19(2)16-11-9-15(10-12-16)18-17(20)14-7-5-4-6-8-14/h3,9-12,14H,1,4-8,13H2,2H3,(H,18,20). The van der Waals surface area contributed by atoms with Crippen molar-refractivity contribution in [2.75, 3.05) is 23.8 Å². The number of hydrogen-bond donors (Lipinski definition) is 1. The molecule has 0 radical (unpaired) electrons. The molecule has 0 bridgehead atoms. The van der Waals surface area contributed by atoms with E-state index < -0.39 is 0 Å². The topological polar surface area (TPSA) is 32.3 Å². The molecule has 0 atom stereocenters. The zero-order chi connectivity index (χ0) is 14.4. The third-order valence-electron chi connectivity index (χ3n) is 3.95. The molecule has 1 fully saturated rings. The van der Waals surface area contributed by atoms with Crippen LogP contribution in [0.25, 0.3) is 0 Å². The first-order valence-corrected chi connectivity index (χ1v) is 7.43. The summed E-state index contributed by atoms with van der Waals surface area (Å²) in [7, 11) is 2.03. The largest absolute Gasteiger partial charge is 0.371 e. The van der Waals surface area contributed by atoms with E-state index in [0.717, 1.165) is 30.8 Å². The van der Waals surface area contributed by atoms with Gasteiger partial charge in [-0.2, -0.15) is 0 Å². The van der Waals surface area contributed by atoms with Gasteiger partial charge < -0.3 is 10.2 Å². The number of hydrogen-bond acceptors (Lipinski definition) is 2. The van der Waals surface area contributed by atoms with Gasteiger partial charge in [0, 0.05) is 30.9 Å². The van der Waals surface area contributed by atoms with Crippen LogP contribution in [0.15, 0.2) is 36.9 Å². The predicted molar refractivity (Wildman–Crippen MR) is 85.1 cm³/mol. The Morgan fingerprint density at radius 3 is 2.55 bits per heavy atom. The molecule has 1 saturated carbocycles. The minimum Gasteiger partial charge on any atom is -0.371 e. The molecule has 1 aliphatic carbocycles. The molecule has 1 amide bonds. The third kappa shape index (κ3) is 3.86. The maximum absolute atomic E-state index is 12.2. The quantitative estimate of drug-likeness (QED) is 0.826.